The summed E-state index contributed by atoms with van der Waals surface area (Å²) < 4.78 is 0. The Labute approximate surface area is 78.0 Å². The highest BCUT2D eigenvalue weighted by atomic mass is 14.6. The summed E-state index contributed by atoms with van der Waals surface area (Å²) in [6, 6.07) is 8.27. The molecule has 1 saturated carbocycles. The van der Waals surface area contributed by atoms with E-state index in [1.165, 1.54) is 0 Å². The predicted octanol–water partition coefficient (Wildman–Crippen LogP) is 2.13. The Hall–Kier alpha value is -1.49. The van der Waals surface area contributed by atoms with E-state index in [0.717, 1.165) is 29.7 Å². The number of hydrogen-bond acceptors (Lipinski definition) is 2. The molecule has 0 aliphatic heterocycles. The van der Waals surface area contributed by atoms with Crippen LogP contribution in [0, 0.1) is 18.3 Å². The lowest BCUT2D eigenvalue weighted by atomic mass is 9.95. The Bertz CT molecular complexity index is 384. The van der Waals surface area contributed by atoms with E-state index in [1.54, 1.807) is 0 Å². The number of nitrogens with two attached hydrogens (primary N) is 1. The number of aryl methyl sites for hydroxylation is 1. The zero-order valence-corrected chi connectivity index (χ0v) is 7.67. The van der Waals surface area contributed by atoms with Crippen LogP contribution < -0.4 is 5.73 Å². The van der Waals surface area contributed by atoms with Crippen LogP contribution in [0.4, 0.5) is 5.69 Å². The van der Waals surface area contributed by atoms with Crippen LogP contribution in [-0.4, -0.2) is 0 Å². The van der Waals surface area contributed by atoms with Crippen LogP contribution in [0.25, 0.3) is 0 Å². The summed E-state index contributed by atoms with van der Waals surface area (Å²) in [5, 5.41) is 8.99. The van der Waals surface area contributed by atoms with Gasteiger partial charge in [-0.15, -0.1) is 0 Å². The van der Waals surface area contributed by atoms with Crippen molar-refractivity contribution < 1.29 is 0 Å². The smallest absolute Gasteiger partial charge is 0.0823 e. The summed E-state index contributed by atoms with van der Waals surface area (Å²) in [5.41, 5.74) is 8.53. The topological polar surface area (TPSA) is 49.8 Å². The van der Waals surface area contributed by atoms with Gasteiger partial charge < -0.3 is 5.73 Å². The third-order valence-electron chi connectivity index (χ3n) is 2.79. The second kappa shape index (κ2) is 2.50. The molecule has 66 valence electrons. The molecule has 0 heterocycles. The maximum absolute atomic E-state index is 8.99. The summed E-state index contributed by atoms with van der Waals surface area (Å²) in [4.78, 5) is 0. The molecular weight excluding hydrogens is 160 g/mol. The highest BCUT2D eigenvalue weighted by Crippen LogP contribution is 2.47. The van der Waals surface area contributed by atoms with Gasteiger partial charge in [-0.25, -0.2) is 0 Å². The van der Waals surface area contributed by atoms with E-state index in [0.29, 0.717) is 0 Å². The number of nitrogens with zero attached hydrogens (tertiary/aromatic N) is 1. The van der Waals surface area contributed by atoms with Gasteiger partial charge in [-0.1, -0.05) is 12.1 Å². The maximum Gasteiger partial charge on any atom is 0.0823 e. The number of rotatable bonds is 1. The average Bonchev–Trinajstić information content (AvgIpc) is 2.90. The highest BCUT2D eigenvalue weighted by Gasteiger charge is 2.44. The van der Waals surface area contributed by atoms with Gasteiger partial charge in [0, 0.05) is 5.69 Å². The van der Waals surface area contributed by atoms with Crippen LogP contribution in [0.5, 0.6) is 0 Å². The molecule has 0 bridgehead atoms. The lowest BCUT2D eigenvalue weighted by Crippen LogP contribution is -2.03. The van der Waals surface area contributed by atoms with E-state index in [-0.39, 0.29) is 5.41 Å². The first-order valence-electron chi connectivity index (χ1n) is 4.46. The van der Waals surface area contributed by atoms with Crippen LogP contribution in [-0.2, 0) is 5.41 Å². The zero-order valence-electron chi connectivity index (χ0n) is 7.67. The van der Waals surface area contributed by atoms with Crippen molar-refractivity contribution in [1.82, 2.24) is 0 Å². The molecule has 13 heavy (non-hydrogen) atoms. The molecule has 0 spiro atoms. The fourth-order valence-electron chi connectivity index (χ4n) is 1.56. The molecule has 1 aliphatic carbocycles. The molecule has 2 nitrogen and oxygen atoms in total. The largest absolute Gasteiger partial charge is 0.399 e. The SMILES string of the molecule is Cc1cc(C2(C#N)CC2)ccc1N. The minimum absolute atomic E-state index is 0.182. The van der Waals surface area contributed by atoms with Crippen LogP contribution in [0.2, 0.25) is 0 Å². The fraction of sp³-hybridized carbons (Fsp3) is 0.364. The van der Waals surface area contributed by atoms with Crippen molar-refractivity contribution in [3.63, 3.8) is 0 Å². The molecule has 1 aliphatic rings. The Morgan fingerprint density at radius 3 is 2.62 bits per heavy atom. The van der Waals surface area contributed by atoms with Gasteiger partial charge in [-0.05, 0) is 37.0 Å². The van der Waals surface area contributed by atoms with Gasteiger partial charge in [-0.3, -0.25) is 0 Å². The molecule has 0 aromatic heterocycles. The monoisotopic (exact) mass is 172 g/mol. The van der Waals surface area contributed by atoms with Gasteiger partial charge in [0.25, 0.3) is 0 Å². The quantitative estimate of drug-likeness (QED) is 0.660. The summed E-state index contributed by atoms with van der Waals surface area (Å²) in [6.07, 6.45) is 1.99. The number of nitrogen functional groups attached to an aromatic ring is 1. The summed E-state index contributed by atoms with van der Waals surface area (Å²) >= 11 is 0. The number of benzene rings is 1. The van der Waals surface area contributed by atoms with Gasteiger partial charge in [0.15, 0.2) is 0 Å². The molecule has 0 unspecified atom stereocenters. The first kappa shape index (κ1) is 8.12. The molecule has 2 rings (SSSR count). The van der Waals surface area contributed by atoms with E-state index in [9.17, 15) is 0 Å². The Morgan fingerprint density at radius 2 is 2.15 bits per heavy atom. The molecule has 0 atom stereocenters. The summed E-state index contributed by atoms with van der Waals surface area (Å²) in [7, 11) is 0. The van der Waals surface area contributed by atoms with E-state index in [4.69, 9.17) is 11.0 Å². The van der Waals surface area contributed by atoms with Crippen molar-refractivity contribution in [1.29, 1.82) is 5.26 Å². The van der Waals surface area contributed by atoms with E-state index in [1.807, 2.05) is 25.1 Å². The van der Waals surface area contributed by atoms with Crippen molar-refractivity contribution in [3.05, 3.63) is 29.3 Å². The first-order valence-corrected chi connectivity index (χ1v) is 4.46. The van der Waals surface area contributed by atoms with Crippen molar-refractivity contribution in [2.24, 2.45) is 0 Å². The molecule has 0 amide bonds. The van der Waals surface area contributed by atoms with Crippen LogP contribution in [0.1, 0.15) is 24.0 Å². The standard InChI is InChI=1S/C11H12N2/c1-8-6-9(2-3-10(8)13)11(7-12)4-5-11/h2-3,6H,4-5,13H2,1H3. The molecule has 0 saturated heterocycles. The molecule has 2 N–H and O–H groups in total. The fourth-order valence-corrected chi connectivity index (χ4v) is 1.56. The maximum atomic E-state index is 8.99. The first-order chi connectivity index (χ1) is 6.18. The summed E-state index contributed by atoms with van der Waals surface area (Å²) in [5.74, 6) is 0. The van der Waals surface area contributed by atoms with E-state index < -0.39 is 0 Å². The summed E-state index contributed by atoms with van der Waals surface area (Å²) in [6.45, 7) is 1.98. The van der Waals surface area contributed by atoms with Crippen molar-refractivity contribution in [2.75, 3.05) is 5.73 Å². The van der Waals surface area contributed by atoms with Crippen molar-refractivity contribution in [3.8, 4) is 6.07 Å². The molecule has 1 aromatic rings. The Balaban J connectivity index is 2.44. The molecule has 0 radical (unpaired) electrons. The molecule has 2 heteroatoms. The molecular formula is C11H12N2. The van der Waals surface area contributed by atoms with Gasteiger partial charge in [0.2, 0.25) is 0 Å². The lowest BCUT2D eigenvalue weighted by Gasteiger charge is -2.08. The van der Waals surface area contributed by atoms with Gasteiger partial charge in [-0.2, -0.15) is 5.26 Å². The Morgan fingerprint density at radius 1 is 1.46 bits per heavy atom. The molecule has 1 aromatic carbocycles. The van der Waals surface area contributed by atoms with Crippen LogP contribution >= 0.6 is 0 Å². The number of anilines is 1. The minimum atomic E-state index is -0.182. The van der Waals surface area contributed by atoms with E-state index >= 15 is 0 Å². The Kier molecular flexibility index (Phi) is 1.56. The van der Waals surface area contributed by atoms with E-state index in [2.05, 4.69) is 6.07 Å². The van der Waals surface area contributed by atoms with Crippen molar-refractivity contribution >= 4 is 5.69 Å². The van der Waals surface area contributed by atoms with Crippen molar-refractivity contribution in [2.45, 2.75) is 25.2 Å². The zero-order chi connectivity index (χ0) is 9.47. The second-order valence-electron chi connectivity index (χ2n) is 3.77. The van der Waals surface area contributed by atoms with Crippen LogP contribution in [0.3, 0.4) is 0 Å². The third-order valence-corrected chi connectivity index (χ3v) is 2.79. The average molecular weight is 172 g/mol. The predicted molar refractivity (Wildman–Crippen MR) is 52.1 cm³/mol. The lowest BCUT2D eigenvalue weighted by molar-refractivity contribution is 0.906. The number of hydrogen-bond donors (Lipinski definition) is 1. The molecule has 1 fully saturated rings. The van der Waals surface area contributed by atoms with Gasteiger partial charge in [0.05, 0.1) is 11.5 Å². The second-order valence-corrected chi connectivity index (χ2v) is 3.77. The third kappa shape index (κ3) is 1.17. The normalized spacial score (nSPS) is 17.8. The van der Waals surface area contributed by atoms with Gasteiger partial charge >= 0.3 is 0 Å². The van der Waals surface area contributed by atoms with Gasteiger partial charge in [0.1, 0.15) is 0 Å². The van der Waals surface area contributed by atoms with Crippen LogP contribution in [0.15, 0.2) is 18.2 Å². The minimum Gasteiger partial charge on any atom is -0.399 e. The number of nitriles is 1. The highest BCUT2D eigenvalue weighted by molar-refractivity contribution is 5.51.